The normalized spacial score (nSPS) is 22.9. The van der Waals surface area contributed by atoms with Crippen LogP contribution in [-0.2, 0) is 39.7 Å². The molecule has 1 aliphatic heterocycles. The summed E-state index contributed by atoms with van der Waals surface area (Å²) in [5, 5.41) is 29.5. The van der Waals surface area contributed by atoms with Gasteiger partial charge in [-0.2, -0.15) is 0 Å². The van der Waals surface area contributed by atoms with Crippen molar-refractivity contribution in [3.63, 3.8) is 0 Å². The molecule has 3 aliphatic carbocycles. The molecule has 9 unspecified atom stereocenters. The lowest BCUT2D eigenvalue weighted by Gasteiger charge is -2.63. The van der Waals surface area contributed by atoms with Gasteiger partial charge in [-0.15, -0.1) is 0 Å². The molecular weight excluding hydrogens is 883 g/mol. The van der Waals surface area contributed by atoms with Crippen molar-refractivity contribution in [1.82, 2.24) is 37.2 Å². The van der Waals surface area contributed by atoms with Crippen LogP contribution < -0.4 is 48.7 Å². The molecule has 0 radical (unpaired) electrons. The second-order valence-corrected chi connectivity index (χ2v) is 18.8. The molecule has 6 rings (SSSR count). The zero-order chi connectivity index (χ0) is 50.1. The summed E-state index contributed by atoms with van der Waals surface area (Å²) in [5.41, 5.74) is 14.7. The third kappa shape index (κ3) is 14.6. The predicted molar refractivity (Wildman–Crippen MR) is 264 cm³/mol. The molecule has 3 saturated carbocycles. The third-order valence-electron chi connectivity index (χ3n) is 13.8. The van der Waals surface area contributed by atoms with Crippen molar-refractivity contribution >= 4 is 49.3 Å². The zero-order valence-corrected chi connectivity index (χ0v) is 40.8. The van der Waals surface area contributed by atoms with E-state index >= 15 is 0 Å². The maximum Gasteiger partial charge on any atom is 0.479 e. The Labute approximate surface area is 406 Å². The number of hydrogen-bond donors (Lipinski definition) is 10. The molecule has 0 spiro atoms. The quantitative estimate of drug-likeness (QED) is 0.0311. The van der Waals surface area contributed by atoms with E-state index in [1.54, 1.807) is 19.2 Å². The summed E-state index contributed by atoms with van der Waals surface area (Å²) in [6.45, 7) is 9.75. The second-order valence-electron chi connectivity index (χ2n) is 18.8. The summed E-state index contributed by atoms with van der Waals surface area (Å²) in [4.78, 5) is 84.1. The van der Waals surface area contributed by atoms with Crippen LogP contribution in [-0.4, -0.2) is 136 Å². The molecule has 2 bridgehead atoms. The number of aliphatic imine (C=N–C) groups is 1. The van der Waals surface area contributed by atoms with E-state index in [-0.39, 0.29) is 56.1 Å². The lowest BCUT2D eigenvalue weighted by Crippen LogP contribution is -2.74. The summed E-state index contributed by atoms with van der Waals surface area (Å²) in [6, 6.07) is 12.1. The molecule has 4 fully saturated rings. The Kier molecular flexibility index (Phi) is 20.7. The van der Waals surface area contributed by atoms with Crippen molar-refractivity contribution in [3.05, 3.63) is 59.7 Å². The highest BCUT2D eigenvalue weighted by atomic mass is 16.7. The maximum absolute atomic E-state index is 13.6. The first kappa shape index (κ1) is 54.7. The van der Waals surface area contributed by atoms with E-state index in [1.165, 1.54) is 12.5 Å². The highest BCUT2D eigenvalue weighted by molar-refractivity contribution is 6.46. The number of unbranched alkanes of at least 4 members (excludes halogenated alkanes) is 3. The first-order valence-electron chi connectivity index (χ1n) is 24.6. The standard InChI is InChI=1S/C49H75BN10O9/c1-6-7-12-32-15-17-33(18-16-32)34-19-21-35(22-20-34)44(64)55-26-23-41(62)58-38(14-9-11-25-53-4)46(66)60-43(31(2)61)47(67)56-29-42(63)59-37(13-8-10-24-51)45(65)57-30-50-68-40-28-36-27-39(48(36,3)54-5)49(40,52)69-50/h15-22,31,36-40,43,53,61H,5-14,23-30,51-52H2,1-4H3,(H,55,64)(H,56,67)(H,57,65)(H,58,62)(H,59,63)(H,60,66). The maximum atomic E-state index is 13.6. The van der Waals surface area contributed by atoms with Gasteiger partial charge in [0, 0.05) is 24.4 Å². The Morgan fingerprint density at radius 2 is 1.49 bits per heavy atom. The number of carbonyl (C=O) groups is 6. The number of aliphatic hydroxyl groups excluding tert-OH is 1. The van der Waals surface area contributed by atoms with E-state index < -0.39 is 78.7 Å². The molecule has 12 N–H and O–H groups in total. The minimum Gasteiger partial charge on any atom is -0.403 e. The van der Waals surface area contributed by atoms with Gasteiger partial charge in [0.25, 0.3) is 5.91 Å². The van der Waals surface area contributed by atoms with Gasteiger partial charge in [-0.3, -0.25) is 33.8 Å². The topological polar surface area (TPSA) is 290 Å². The Hall–Kier alpha value is -5.25. The van der Waals surface area contributed by atoms with Crippen LogP contribution in [0.4, 0.5) is 0 Å². The van der Waals surface area contributed by atoms with Crippen LogP contribution in [0.25, 0.3) is 11.1 Å². The first-order valence-corrected chi connectivity index (χ1v) is 24.6. The molecule has 9 atom stereocenters. The average Bonchev–Trinajstić information content (AvgIpc) is 3.70. The van der Waals surface area contributed by atoms with Crippen molar-refractivity contribution < 1.29 is 43.2 Å². The lowest BCUT2D eigenvalue weighted by molar-refractivity contribution is -0.169. The molecule has 378 valence electrons. The zero-order valence-electron chi connectivity index (χ0n) is 40.8. The molecular formula is C49H75BN10O9. The molecule has 1 saturated heterocycles. The van der Waals surface area contributed by atoms with Crippen LogP contribution in [0, 0.1) is 11.8 Å². The van der Waals surface area contributed by atoms with Gasteiger partial charge in [0.1, 0.15) is 23.9 Å². The van der Waals surface area contributed by atoms with Crippen LogP contribution in [0.3, 0.4) is 0 Å². The number of rotatable bonds is 29. The summed E-state index contributed by atoms with van der Waals surface area (Å²) in [6.07, 6.45) is 5.81. The SMILES string of the molecule is C=NC1(C)C2CC3OB(CNC(=O)C(CCCCN)NC(=O)CNC(=O)C(NC(=O)C(CCCCNC)NC(=O)CCNC(=O)c4ccc(-c5ccc(CCCC)cc5)cc4)C(C)O)OC3(N)C1C2. The molecule has 0 aromatic heterocycles. The monoisotopic (exact) mass is 959 g/mol. The van der Waals surface area contributed by atoms with Crippen molar-refractivity contribution in [2.45, 2.75) is 139 Å². The number of aliphatic hydroxyl groups is 1. The minimum absolute atomic E-state index is 0.00351. The predicted octanol–water partition coefficient (Wildman–Crippen LogP) is 0.999. The fourth-order valence-electron chi connectivity index (χ4n) is 9.50. The molecule has 20 heteroatoms. The fourth-order valence-corrected chi connectivity index (χ4v) is 9.50. The molecule has 1 heterocycles. The largest absolute Gasteiger partial charge is 0.479 e. The number of carbonyl (C=O) groups excluding carboxylic acids is 6. The smallest absolute Gasteiger partial charge is 0.403 e. The van der Waals surface area contributed by atoms with Crippen LogP contribution in [0.1, 0.15) is 107 Å². The number of aryl methyl sites for hydroxylation is 1. The summed E-state index contributed by atoms with van der Waals surface area (Å²) >= 11 is 0. The van der Waals surface area contributed by atoms with Gasteiger partial charge < -0.3 is 63.1 Å². The first-order chi connectivity index (χ1) is 33.1. The van der Waals surface area contributed by atoms with Crippen molar-refractivity contribution in [2.24, 2.45) is 28.3 Å². The van der Waals surface area contributed by atoms with Gasteiger partial charge in [0.05, 0.1) is 30.7 Å². The fraction of sp³-hybridized carbons (Fsp3) is 0.612. The Balaban J connectivity index is 1.09. The van der Waals surface area contributed by atoms with Crippen molar-refractivity contribution in [2.75, 3.05) is 39.7 Å². The molecule has 19 nitrogen and oxygen atoms in total. The summed E-state index contributed by atoms with van der Waals surface area (Å²) < 4.78 is 12.3. The number of nitrogens with two attached hydrogens (primary N) is 2. The summed E-state index contributed by atoms with van der Waals surface area (Å²) in [5.74, 6) is -3.40. The van der Waals surface area contributed by atoms with Crippen LogP contribution in [0.5, 0.6) is 0 Å². The highest BCUT2D eigenvalue weighted by Crippen LogP contribution is 2.61. The molecule has 2 aromatic rings. The van der Waals surface area contributed by atoms with Crippen LogP contribution >= 0.6 is 0 Å². The van der Waals surface area contributed by atoms with Crippen LogP contribution in [0.2, 0.25) is 0 Å². The van der Waals surface area contributed by atoms with Gasteiger partial charge in [-0.25, -0.2) is 0 Å². The van der Waals surface area contributed by atoms with Gasteiger partial charge in [0.2, 0.25) is 29.5 Å². The second kappa shape index (κ2) is 26.1. The van der Waals surface area contributed by atoms with Crippen LogP contribution in [0.15, 0.2) is 53.5 Å². The van der Waals surface area contributed by atoms with Gasteiger partial charge in [-0.1, -0.05) is 49.7 Å². The van der Waals surface area contributed by atoms with E-state index in [2.05, 4.69) is 80.1 Å². The van der Waals surface area contributed by atoms with E-state index in [0.29, 0.717) is 50.8 Å². The molecule has 4 aliphatic rings. The van der Waals surface area contributed by atoms with Gasteiger partial charge in [-0.05, 0) is 140 Å². The Bertz CT molecular complexity index is 2060. The van der Waals surface area contributed by atoms with E-state index in [1.807, 2.05) is 19.1 Å². The number of nitrogens with zero attached hydrogens (tertiary/aromatic N) is 1. The Morgan fingerprint density at radius 3 is 2.13 bits per heavy atom. The lowest BCUT2D eigenvalue weighted by atomic mass is 9.49. The highest BCUT2D eigenvalue weighted by Gasteiger charge is 2.70. The van der Waals surface area contributed by atoms with Gasteiger partial charge >= 0.3 is 7.12 Å². The van der Waals surface area contributed by atoms with E-state index in [4.69, 9.17) is 20.8 Å². The average molecular weight is 959 g/mol. The number of hydrogen-bond acceptors (Lipinski definition) is 13. The number of benzene rings is 2. The Morgan fingerprint density at radius 1 is 0.841 bits per heavy atom. The molecule has 6 amide bonds. The van der Waals surface area contributed by atoms with Crippen molar-refractivity contribution in [1.29, 1.82) is 0 Å². The summed E-state index contributed by atoms with van der Waals surface area (Å²) in [7, 11) is 0.990. The van der Waals surface area contributed by atoms with E-state index in [9.17, 15) is 33.9 Å². The third-order valence-corrected chi connectivity index (χ3v) is 13.8. The number of amides is 6. The van der Waals surface area contributed by atoms with Crippen molar-refractivity contribution in [3.8, 4) is 11.1 Å². The van der Waals surface area contributed by atoms with E-state index in [0.717, 1.165) is 36.8 Å². The molecule has 69 heavy (non-hydrogen) atoms. The van der Waals surface area contributed by atoms with Gasteiger partial charge in [0.15, 0.2) is 0 Å². The number of nitrogens with one attached hydrogen (secondary N) is 7. The minimum atomic E-state index is -1.49. The molecule has 2 aromatic carbocycles.